The summed E-state index contributed by atoms with van der Waals surface area (Å²) in [5, 5.41) is 0. The Morgan fingerprint density at radius 2 is 1.83 bits per heavy atom. The van der Waals surface area contributed by atoms with Gasteiger partial charge in [0.25, 0.3) is 0 Å². The molecule has 0 radical (unpaired) electrons. The highest BCUT2D eigenvalue weighted by molar-refractivity contribution is 6.13. The Balaban J connectivity index is 2.08. The molecule has 2 nitrogen and oxygen atoms in total. The number of rotatable bonds is 0. The molecule has 0 aromatic heterocycles. The molecule has 2 aliphatic rings. The summed E-state index contributed by atoms with van der Waals surface area (Å²) in [6.45, 7) is 9.05. The number of halogens is 1. The third-order valence-corrected chi connectivity index (χ3v) is 3.45. The lowest BCUT2D eigenvalue weighted by atomic mass is 10.0. The number of hydrogen-bond acceptors (Lipinski definition) is 2. The Hall–Kier alpha value is 0.210. The van der Waals surface area contributed by atoms with E-state index in [-0.39, 0.29) is 0 Å². The molecular weight excluding hydrogens is 172 g/mol. The molecule has 0 N–H and O–H groups in total. The average Bonchev–Trinajstić information content (AvgIpc) is 2.41. The van der Waals surface area contributed by atoms with Crippen LogP contribution in [0.2, 0.25) is 0 Å². The van der Waals surface area contributed by atoms with Gasteiger partial charge in [0.05, 0.1) is 0 Å². The molecule has 2 bridgehead atoms. The van der Waals surface area contributed by atoms with Crippen LogP contribution in [0.1, 0.15) is 27.2 Å². The molecule has 12 heavy (non-hydrogen) atoms. The fourth-order valence-electron chi connectivity index (χ4n) is 2.44. The van der Waals surface area contributed by atoms with Crippen LogP contribution < -0.4 is 0 Å². The van der Waals surface area contributed by atoms with E-state index >= 15 is 0 Å². The van der Waals surface area contributed by atoms with Gasteiger partial charge < -0.3 is 0 Å². The normalized spacial score (nSPS) is 38.0. The average molecular weight is 189 g/mol. The highest BCUT2D eigenvalue weighted by Gasteiger charge is 2.46. The summed E-state index contributed by atoms with van der Waals surface area (Å²) in [7, 11) is 0. The van der Waals surface area contributed by atoms with Crippen LogP contribution in [-0.2, 0) is 0 Å². The maximum absolute atomic E-state index is 6.03. The minimum atomic E-state index is 0.317. The van der Waals surface area contributed by atoms with Crippen LogP contribution in [-0.4, -0.2) is 40.0 Å². The van der Waals surface area contributed by atoms with Crippen molar-refractivity contribution in [3.05, 3.63) is 0 Å². The van der Waals surface area contributed by atoms with Crippen molar-refractivity contribution in [2.75, 3.05) is 13.1 Å². The molecule has 2 heterocycles. The Kier molecular flexibility index (Phi) is 1.90. The van der Waals surface area contributed by atoms with Gasteiger partial charge in [0.15, 0.2) is 0 Å². The SMILES string of the molecule is CC(C)(C)N1CC2CC1CN2Cl. The maximum Gasteiger partial charge on any atom is 0.0395 e. The summed E-state index contributed by atoms with van der Waals surface area (Å²) in [5.74, 6) is 0. The summed E-state index contributed by atoms with van der Waals surface area (Å²) in [6.07, 6.45) is 1.26. The molecule has 2 unspecified atom stereocenters. The molecule has 70 valence electrons. The van der Waals surface area contributed by atoms with Crippen LogP contribution in [0.3, 0.4) is 0 Å². The standard InChI is InChI=1S/C9H17ClN2/c1-9(2,3)11-5-8-4-7(11)6-12(8)10/h7-8H,4-6H2,1-3H3. The van der Waals surface area contributed by atoms with Gasteiger partial charge in [-0.2, -0.15) is 0 Å². The fraction of sp³-hybridized carbons (Fsp3) is 1.00. The molecule has 2 atom stereocenters. The Morgan fingerprint density at radius 1 is 1.17 bits per heavy atom. The van der Waals surface area contributed by atoms with E-state index in [1.807, 2.05) is 4.42 Å². The molecule has 2 fully saturated rings. The van der Waals surface area contributed by atoms with Gasteiger partial charge in [0.2, 0.25) is 0 Å². The quantitative estimate of drug-likeness (QED) is 0.534. The van der Waals surface area contributed by atoms with Crippen molar-refractivity contribution < 1.29 is 0 Å². The fourth-order valence-corrected chi connectivity index (χ4v) is 2.74. The Bertz CT molecular complexity index is 185. The Labute approximate surface area is 79.6 Å². The van der Waals surface area contributed by atoms with Gasteiger partial charge >= 0.3 is 0 Å². The van der Waals surface area contributed by atoms with E-state index in [1.54, 1.807) is 0 Å². The third-order valence-electron chi connectivity index (χ3n) is 3.04. The minimum Gasteiger partial charge on any atom is -0.293 e. The number of likely N-dealkylation sites (tertiary alicyclic amines) is 1. The molecule has 3 heteroatoms. The molecular formula is C9H17ClN2. The van der Waals surface area contributed by atoms with Crippen molar-refractivity contribution >= 4 is 11.8 Å². The van der Waals surface area contributed by atoms with Gasteiger partial charge in [-0.05, 0) is 39.0 Å². The third kappa shape index (κ3) is 1.26. The van der Waals surface area contributed by atoms with Crippen molar-refractivity contribution in [2.24, 2.45) is 0 Å². The van der Waals surface area contributed by atoms with Crippen molar-refractivity contribution in [3.63, 3.8) is 0 Å². The molecule has 2 saturated heterocycles. The van der Waals surface area contributed by atoms with Crippen LogP contribution in [0.5, 0.6) is 0 Å². The predicted octanol–water partition coefficient (Wildman–Crippen LogP) is 1.70. The first-order valence-electron chi connectivity index (χ1n) is 4.67. The number of hydrogen-bond donors (Lipinski definition) is 0. The van der Waals surface area contributed by atoms with E-state index in [4.69, 9.17) is 11.8 Å². The van der Waals surface area contributed by atoms with Gasteiger partial charge in [-0.15, -0.1) is 0 Å². The zero-order chi connectivity index (χ0) is 8.93. The lowest BCUT2D eigenvalue weighted by molar-refractivity contribution is 0.0848. The minimum absolute atomic E-state index is 0.317. The lowest BCUT2D eigenvalue weighted by Crippen LogP contribution is -2.51. The van der Waals surface area contributed by atoms with Crippen LogP contribution in [0.15, 0.2) is 0 Å². The summed E-state index contributed by atoms with van der Waals surface area (Å²) in [5.41, 5.74) is 0.317. The van der Waals surface area contributed by atoms with Crippen LogP contribution in [0, 0.1) is 0 Å². The topological polar surface area (TPSA) is 6.48 Å². The molecule has 0 amide bonds. The molecule has 0 spiro atoms. The first-order chi connectivity index (χ1) is 5.48. The van der Waals surface area contributed by atoms with Gasteiger partial charge in [-0.1, -0.05) is 0 Å². The maximum atomic E-state index is 6.03. The summed E-state index contributed by atoms with van der Waals surface area (Å²) in [6, 6.07) is 1.31. The predicted molar refractivity (Wildman–Crippen MR) is 51.2 cm³/mol. The highest BCUT2D eigenvalue weighted by atomic mass is 35.5. The summed E-state index contributed by atoms with van der Waals surface area (Å²) < 4.78 is 1.98. The van der Waals surface area contributed by atoms with Crippen molar-refractivity contribution in [2.45, 2.75) is 44.8 Å². The van der Waals surface area contributed by atoms with Gasteiger partial charge in [0, 0.05) is 30.7 Å². The monoisotopic (exact) mass is 188 g/mol. The van der Waals surface area contributed by atoms with E-state index in [2.05, 4.69) is 25.7 Å². The second-order valence-corrected chi connectivity index (χ2v) is 5.38. The zero-order valence-corrected chi connectivity index (χ0v) is 8.80. The van der Waals surface area contributed by atoms with E-state index < -0.39 is 0 Å². The second kappa shape index (κ2) is 2.60. The van der Waals surface area contributed by atoms with E-state index in [0.29, 0.717) is 17.6 Å². The Morgan fingerprint density at radius 3 is 2.17 bits per heavy atom. The molecule has 2 aliphatic heterocycles. The second-order valence-electron chi connectivity index (χ2n) is 4.95. The van der Waals surface area contributed by atoms with Gasteiger partial charge in [0.1, 0.15) is 0 Å². The van der Waals surface area contributed by atoms with Crippen LogP contribution >= 0.6 is 11.8 Å². The van der Waals surface area contributed by atoms with E-state index in [0.717, 1.165) is 13.1 Å². The van der Waals surface area contributed by atoms with Crippen molar-refractivity contribution in [1.82, 2.24) is 9.32 Å². The largest absolute Gasteiger partial charge is 0.293 e. The molecule has 0 saturated carbocycles. The van der Waals surface area contributed by atoms with Crippen molar-refractivity contribution in [3.8, 4) is 0 Å². The van der Waals surface area contributed by atoms with Crippen LogP contribution in [0.25, 0.3) is 0 Å². The number of nitrogens with zero attached hydrogens (tertiary/aromatic N) is 2. The first-order valence-corrected chi connectivity index (χ1v) is 5.01. The first kappa shape index (κ1) is 8.79. The van der Waals surface area contributed by atoms with Crippen molar-refractivity contribution in [1.29, 1.82) is 0 Å². The van der Waals surface area contributed by atoms with Gasteiger partial charge in [-0.25, -0.2) is 4.42 Å². The van der Waals surface area contributed by atoms with E-state index in [9.17, 15) is 0 Å². The smallest absolute Gasteiger partial charge is 0.0395 e. The molecule has 0 aromatic rings. The van der Waals surface area contributed by atoms with E-state index in [1.165, 1.54) is 6.42 Å². The number of fused-ring (bicyclic) bond motifs is 2. The number of piperazine rings is 1. The summed E-state index contributed by atoms with van der Waals surface area (Å²) >= 11 is 6.03. The highest BCUT2D eigenvalue weighted by Crippen LogP contribution is 2.36. The lowest BCUT2D eigenvalue weighted by Gasteiger charge is -2.40. The van der Waals surface area contributed by atoms with Gasteiger partial charge in [-0.3, -0.25) is 4.90 Å². The zero-order valence-electron chi connectivity index (χ0n) is 8.05. The molecule has 0 aromatic carbocycles. The van der Waals surface area contributed by atoms with Crippen LogP contribution in [0.4, 0.5) is 0 Å². The molecule has 0 aliphatic carbocycles. The summed E-state index contributed by atoms with van der Waals surface area (Å²) in [4.78, 5) is 2.58. The molecule has 2 rings (SSSR count).